The summed E-state index contributed by atoms with van der Waals surface area (Å²) in [5.74, 6) is 1.87. The highest BCUT2D eigenvalue weighted by Crippen LogP contribution is 2.27. The van der Waals surface area contributed by atoms with Crippen molar-refractivity contribution in [3.05, 3.63) is 58.7 Å². The van der Waals surface area contributed by atoms with E-state index in [-0.39, 0.29) is 12.2 Å². The summed E-state index contributed by atoms with van der Waals surface area (Å²) in [6.45, 7) is 9.76. The molecule has 2 aromatic rings. The Bertz CT molecular complexity index is 873. The van der Waals surface area contributed by atoms with E-state index < -0.39 is 0 Å². The van der Waals surface area contributed by atoms with Crippen LogP contribution in [0.25, 0.3) is 0 Å². The van der Waals surface area contributed by atoms with Gasteiger partial charge in [0, 0.05) is 17.3 Å². The first-order valence-corrected chi connectivity index (χ1v) is 10.3. The number of hydrogen-bond acceptors (Lipinski definition) is 4. The maximum Gasteiger partial charge on any atom is 0.120 e. The predicted molar refractivity (Wildman–Crippen MR) is 120 cm³/mol. The van der Waals surface area contributed by atoms with Gasteiger partial charge in [-0.25, -0.2) is 0 Å². The molecule has 2 aliphatic heterocycles. The van der Waals surface area contributed by atoms with Crippen molar-refractivity contribution in [2.24, 2.45) is 9.98 Å². The molecule has 4 nitrogen and oxygen atoms in total. The van der Waals surface area contributed by atoms with E-state index in [0.29, 0.717) is 0 Å². The third-order valence-electron chi connectivity index (χ3n) is 4.04. The second-order valence-corrected chi connectivity index (χ2v) is 8.11. The van der Waals surface area contributed by atoms with Gasteiger partial charge in [-0.2, -0.15) is 0 Å². The van der Waals surface area contributed by atoms with E-state index in [1.807, 2.05) is 52.1 Å². The fourth-order valence-electron chi connectivity index (χ4n) is 2.90. The molecule has 0 fully saturated rings. The van der Waals surface area contributed by atoms with Gasteiger partial charge < -0.3 is 9.47 Å². The molecule has 0 unspecified atom stereocenters. The first-order chi connectivity index (χ1) is 12.9. The van der Waals surface area contributed by atoms with Crippen LogP contribution in [0, 0.1) is 0 Å². The van der Waals surface area contributed by atoms with Crippen LogP contribution in [-0.2, 0) is 13.1 Å². The molecular weight excluding hydrogens is 451 g/mol. The van der Waals surface area contributed by atoms with Crippen LogP contribution >= 0.6 is 22.6 Å². The SMILES string of the molecule is CC(C)Oc1ccc2c(c1)C(I)=NC2.CC(C)Oc1ccc2c(c1)C=NC2. The number of fused-ring (bicyclic) bond motifs is 2. The molecule has 27 heavy (non-hydrogen) atoms. The molecule has 0 aliphatic carbocycles. The molecule has 0 N–H and O–H groups in total. The third-order valence-corrected chi connectivity index (χ3v) is 4.97. The lowest BCUT2D eigenvalue weighted by molar-refractivity contribution is 0.242. The van der Waals surface area contributed by atoms with Gasteiger partial charge in [-0.15, -0.1) is 0 Å². The highest BCUT2D eigenvalue weighted by Gasteiger charge is 2.14. The summed E-state index contributed by atoms with van der Waals surface area (Å²) in [6.07, 6.45) is 2.36. The van der Waals surface area contributed by atoms with Crippen molar-refractivity contribution >= 4 is 32.5 Å². The van der Waals surface area contributed by atoms with Crippen molar-refractivity contribution < 1.29 is 9.47 Å². The van der Waals surface area contributed by atoms with Gasteiger partial charge in [0.1, 0.15) is 15.2 Å². The van der Waals surface area contributed by atoms with Gasteiger partial charge in [-0.3, -0.25) is 9.98 Å². The maximum absolute atomic E-state index is 5.63. The van der Waals surface area contributed by atoms with E-state index in [0.717, 1.165) is 28.3 Å². The Balaban J connectivity index is 0.000000156. The standard InChI is InChI=1S/C11H12INO.C11H13NO/c1-7(2)14-9-4-3-8-6-13-11(12)10(8)5-9;1-8(2)13-11-4-3-9-6-12-7-10(9)5-11/h3-5,7H,6H2,1-2H3;3-5,7-8H,6H2,1-2H3. The van der Waals surface area contributed by atoms with E-state index >= 15 is 0 Å². The zero-order valence-electron chi connectivity index (χ0n) is 16.2. The zero-order valence-corrected chi connectivity index (χ0v) is 18.4. The smallest absolute Gasteiger partial charge is 0.120 e. The Labute approximate surface area is 174 Å². The van der Waals surface area contributed by atoms with E-state index in [1.54, 1.807) is 0 Å². The lowest BCUT2D eigenvalue weighted by atomic mass is 10.1. The van der Waals surface area contributed by atoms with E-state index in [2.05, 4.69) is 50.8 Å². The molecule has 0 saturated heterocycles. The third kappa shape index (κ3) is 5.31. The molecule has 2 aliphatic rings. The highest BCUT2D eigenvalue weighted by atomic mass is 127. The fourth-order valence-corrected chi connectivity index (χ4v) is 3.57. The molecule has 0 bridgehead atoms. The molecule has 0 aromatic heterocycles. The van der Waals surface area contributed by atoms with Gasteiger partial charge in [0.15, 0.2) is 0 Å². The van der Waals surface area contributed by atoms with Crippen molar-refractivity contribution in [1.82, 2.24) is 0 Å². The first-order valence-electron chi connectivity index (χ1n) is 9.21. The summed E-state index contributed by atoms with van der Waals surface area (Å²) >= 11 is 2.27. The average molecular weight is 476 g/mol. The van der Waals surface area contributed by atoms with E-state index in [4.69, 9.17) is 9.47 Å². The van der Waals surface area contributed by atoms with Gasteiger partial charge in [0.2, 0.25) is 0 Å². The first kappa shape index (κ1) is 19.9. The number of benzene rings is 2. The molecule has 0 atom stereocenters. The van der Waals surface area contributed by atoms with Crippen LogP contribution in [-0.4, -0.2) is 22.1 Å². The molecular formula is C22H25IN2O2. The molecule has 0 spiro atoms. The molecule has 2 aromatic carbocycles. The molecule has 0 amide bonds. The molecule has 2 heterocycles. The largest absolute Gasteiger partial charge is 0.491 e. The Morgan fingerprint density at radius 2 is 1.48 bits per heavy atom. The minimum atomic E-state index is 0.226. The second-order valence-electron chi connectivity index (χ2n) is 7.09. The molecule has 0 saturated carbocycles. The van der Waals surface area contributed by atoms with Crippen LogP contribution in [0.15, 0.2) is 46.4 Å². The van der Waals surface area contributed by atoms with Crippen molar-refractivity contribution in [3.8, 4) is 11.5 Å². The van der Waals surface area contributed by atoms with Crippen LogP contribution in [0.4, 0.5) is 0 Å². The van der Waals surface area contributed by atoms with Gasteiger partial charge in [-0.1, -0.05) is 12.1 Å². The number of rotatable bonds is 4. The number of hydrogen-bond donors (Lipinski definition) is 0. The van der Waals surface area contributed by atoms with Gasteiger partial charge in [-0.05, 0) is 85.7 Å². The Kier molecular flexibility index (Phi) is 6.52. The van der Waals surface area contributed by atoms with Crippen molar-refractivity contribution in [2.45, 2.75) is 53.0 Å². The van der Waals surface area contributed by atoms with Gasteiger partial charge in [0.05, 0.1) is 25.3 Å². The summed E-state index contributed by atoms with van der Waals surface area (Å²) in [7, 11) is 0. The summed E-state index contributed by atoms with van der Waals surface area (Å²) in [6, 6.07) is 12.3. The van der Waals surface area contributed by atoms with Gasteiger partial charge in [0.25, 0.3) is 0 Å². The van der Waals surface area contributed by atoms with Crippen molar-refractivity contribution in [3.63, 3.8) is 0 Å². The molecule has 0 radical (unpaired) electrons. The van der Waals surface area contributed by atoms with Crippen molar-refractivity contribution in [2.75, 3.05) is 0 Å². The average Bonchev–Trinajstić information content (AvgIpc) is 3.21. The van der Waals surface area contributed by atoms with Crippen LogP contribution in [0.1, 0.15) is 49.9 Å². The summed E-state index contributed by atoms with van der Waals surface area (Å²) in [5, 5.41) is 0. The van der Waals surface area contributed by atoms with Crippen LogP contribution in [0.5, 0.6) is 11.5 Å². The molecule has 142 valence electrons. The minimum Gasteiger partial charge on any atom is -0.491 e. The van der Waals surface area contributed by atoms with Crippen LogP contribution in [0.3, 0.4) is 0 Å². The molecule has 5 heteroatoms. The normalized spacial score (nSPS) is 13.8. The number of nitrogens with zero attached hydrogens (tertiary/aromatic N) is 2. The summed E-state index contributed by atoms with van der Waals surface area (Å²) in [5.41, 5.74) is 5.00. The zero-order chi connectivity index (χ0) is 19.4. The Morgan fingerprint density at radius 1 is 0.852 bits per heavy atom. The predicted octanol–water partition coefficient (Wildman–Crippen LogP) is 5.58. The number of aliphatic imine (C=N–C) groups is 2. The maximum atomic E-state index is 5.63. The van der Waals surface area contributed by atoms with E-state index in [1.165, 1.54) is 22.3 Å². The summed E-state index contributed by atoms with van der Waals surface area (Å²) < 4.78 is 12.3. The number of ether oxygens (including phenoxy) is 2. The van der Waals surface area contributed by atoms with Crippen molar-refractivity contribution in [1.29, 1.82) is 0 Å². The highest BCUT2D eigenvalue weighted by molar-refractivity contribution is 14.1. The lowest BCUT2D eigenvalue weighted by Gasteiger charge is -2.10. The number of halogens is 1. The van der Waals surface area contributed by atoms with Crippen LogP contribution in [0.2, 0.25) is 0 Å². The van der Waals surface area contributed by atoms with Crippen LogP contribution < -0.4 is 9.47 Å². The lowest BCUT2D eigenvalue weighted by Crippen LogP contribution is -2.06. The monoisotopic (exact) mass is 476 g/mol. The van der Waals surface area contributed by atoms with E-state index in [9.17, 15) is 0 Å². The fraction of sp³-hybridized carbons (Fsp3) is 0.364. The topological polar surface area (TPSA) is 43.2 Å². The minimum absolute atomic E-state index is 0.226. The Hall–Kier alpha value is -1.89. The summed E-state index contributed by atoms with van der Waals surface area (Å²) in [4.78, 5) is 8.56. The molecule has 4 rings (SSSR count). The van der Waals surface area contributed by atoms with Gasteiger partial charge >= 0.3 is 0 Å². The quantitative estimate of drug-likeness (QED) is 0.542. The Morgan fingerprint density at radius 3 is 2.15 bits per heavy atom. The second kappa shape index (κ2) is 8.87.